The molecule has 0 radical (unpaired) electrons. The van der Waals surface area contributed by atoms with E-state index < -0.39 is 5.54 Å². The summed E-state index contributed by atoms with van der Waals surface area (Å²) in [6.45, 7) is 1.21. The first kappa shape index (κ1) is 20.0. The Kier molecular flexibility index (Phi) is 6.60. The summed E-state index contributed by atoms with van der Waals surface area (Å²) in [5.74, 6) is 0.214. The fourth-order valence-corrected chi connectivity index (χ4v) is 4.17. The molecule has 1 heterocycles. The van der Waals surface area contributed by atoms with Gasteiger partial charge in [-0.05, 0) is 37.6 Å². The van der Waals surface area contributed by atoms with Crippen LogP contribution in [0.25, 0.3) is 0 Å². The number of Topliss-reactive ketones (excluding diaryl/α,β-unsaturated/α-hetero) is 1. The van der Waals surface area contributed by atoms with Crippen molar-refractivity contribution in [3.05, 3.63) is 64.9 Å². The van der Waals surface area contributed by atoms with Crippen LogP contribution in [0.15, 0.2) is 48.8 Å². The van der Waals surface area contributed by atoms with Crippen LogP contribution in [0.5, 0.6) is 0 Å². The first-order valence-corrected chi connectivity index (χ1v) is 9.71. The Labute approximate surface area is 165 Å². The van der Waals surface area contributed by atoms with Crippen LogP contribution in [0.4, 0.5) is 0 Å². The van der Waals surface area contributed by atoms with E-state index in [2.05, 4.69) is 0 Å². The summed E-state index contributed by atoms with van der Waals surface area (Å²) < 4.78 is 7.87. The summed E-state index contributed by atoms with van der Waals surface area (Å²) >= 11 is 6.48. The maximum absolute atomic E-state index is 13.1. The summed E-state index contributed by atoms with van der Waals surface area (Å²) in [7, 11) is 1.94. The number of pyridine rings is 1. The molecule has 0 spiro atoms. The molecule has 0 aliphatic heterocycles. The lowest BCUT2D eigenvalue weighted by atomic mass is 9.74. The predicted molar refractivity (Wildman–Crippen MR) is 105 cm³/mol. The van der Waals surface area contributed by atoms with Gasteiger partial charge in [0.05, 0.1) is 0 Å². The molecule has 1 atom stereocenters. The highest BCUT2D eigenvalue weighted by Gasteiger charge is 2.46. The van der Waals surface area contributed by atoms with Crippen LogP contribution in [0, 0.1) is 0 Å². The largest absolute Gasteiger partial charge is 0.326 e. The van der Waals surface area contributed by atoms with Crippen molar-refractivity contribution >= 4 is 17.4 Å². The number of likely N-dealkylation sites (N-methyl/N-ethyl adjacent to an activating group) is 1. The van der Waals surface area contributed by atoms with Gasteiger partial charge in [-0.25, -0.2) is 0 Å². The second-order valence-electron chi connectivity index (χ2n) is 7.06. The highest BCUT2D eigenvalue weighted by atomic mass is 35.5. The number of rotatable bonds is 7. The molecule has 6 heteroatoms. The van der Waals surface area contributed by atoms with Gasteiger partial charge in [0.25, 0.3) is 6.73 Å². The average Bonchev–Trinajstić information content (AvgIpc) is 2.69. The standard InChI is InChI=1S/C21H27ClN3O2/c1-24(15-27-16-25-12-6-7-17(13-23)14-25)21(11-5-4-10-20(21)26)18-8-2-3-9-19(18)22/h2-3,6-9,12,14H,4-5,10-11,13,15-16,23H2,1H3/q+1. The number of aromatic nitrogens is 1. The molecule has 1 fully saturated rings. The minimum absolute atomic E-state index is 0.214. The third kappa shape index (κ3) is 4.22. The van der Waals surface area contributed by atoms with E-state index in [0.29, 0.717) is 31.4 Å². The number of hydrogen-bond acceptors (Lipinski definition) is 4. The number of hydrogen-bond donors (Lipinski definition) is 1. The topological polar surface area (TPSA) is 59.4 Å². The zero-order valence-electron chi connectivity index (χ0n) is 15.7. The molecule has 3 rings (SSSR count). The number of halogens is 1. The van der Waals surface area contributed by atoms with Crippen molar-refractivity contribution in [2.24, 2.45) is 5.73 Å². The Balaban J connectivity index is 1.76. The van der Waals surface area contributed by atoms with Crippen LogP contribution in [-0.4, -0.2) is 24.5 Å². The van der Waals surface area contributed by atoms with Crippen LogP contribution in [-0.2, 0) is 28.3 Å². The molecule has 0 amide bonds. The predicted octanol–water partition coefficient (Wildman–Crippen LogP) is 2.99. The SMILES string of the molecule is CN(COC[n+]1cccc(CN)c1)C1(c2ccccc2Cl)CCCCC1=O. The smallest absolute Gasteiger partial charge is 0.253 e. The van der Waals surface area contributed by atoms with E-state index in [1.807, 2.05) is 65.3 Å². The van der Waals surface area contributed by atoms with Gasteiger partial charge in [0.2, 0.25) is 0 Å². The Morgan fingerprint density at radius 3 is 2.81 bits per heavy atom. The summed E-state index contributed by atoms with van der Waals surface area (Å²) in [5, 5.41) is 0.629. The average molecular weight is 389 g/mol. The van der Waals surface area contributed by atoms with Gasteiger partial charge in [-0.15, -0.1) is 0 Å². The van der Waals surface area contributed by atoms with E-state index in [0.717, 1.165) is 30.4 Å². The van der Waals surface area contributed by atoms with Crippen LogP contribution in [0.3, 0.4) is 0 Å². The van der Waals surface area contributed by atoms with Gasteiger partial charge >= 0.3 is 0 Å². The van der Waals surface area contributed by atoms with Crippen LogP contribution >= 0.6 is 11.6 Å². The number of ether oxygens (including phenoxy) is 1. The molecular weight excluding hydrogens is 362 g/mol. The number of carbonyl (C=O) groups is 1. The number of nitrogens with zero attached hydrogens (tertiary/aromatic N) is 2. The monoisotopic (exact) mass is 388 g/mol. The van der Waals surface area contributed by atoms with Gasteiger partial charge in [0.15, 0.2) is 18.2 Å². The molecule has 1 aromatic carbocycles. The maximum Gasteiger partial charge on any atom is 0.253 e. The van der Waals surface area contributed by atoms with Crippen LogP contribution < -0.4 is 10.3 Å². The zero-order valence-corrected chi connectivity index (χ0v) is 16.5. The second-order valence-corrected chi connectivity index (χ2v) is 7.47. The first-order chi connectivity index (χ1) is 13.1. The quantitative estimate of drug-likeness (QED) is 0.585. The van der Waals surface area contributed by atoms with E-state index in [-0.39, 0.29) is 5.78 Å². The molecular formula is C21H27ClN3O2+. The van der Waals surface area contributed by atoms with E-state index in [4.69, 9.17) is 22.1 Å². The summed E-state index contributed by atoms with van der Waals surface area (Å²) in [6, 6.07) is 11.6. The van der Waals surface area contributed by atoms with E-state index in [1.165, 1.54) is 0 Å². The van der Waals surface area contributed by atoms with Crippen molar-refractivity contribution in [2.45, 2.75) is 44.5 Å². The molecule has 1 aliphatic rings. The summed E-state index contributed by atoms with van der Waals surface area (Å²) in [5.41, 5.74) is 6.89. The zero-order chi connectivity index (χ0) is 19.3. The van der Waals surface area contributed by atoms with Crippen molar-refractivity contribution in [3.63, 3.8) is 0 Å². The Hall–Kier alpha value is -1.79. The lowest BCUT2D eigenvalue weighted by Gasteiger charge is -2.43. The van der Waals surface area contributed by atoms with Gasteiger partial charge < -0.3 is 10.5 Å². The third-order valence-corrected chi connectivity index (χ3v) is 5.63. The maximum atomic E-state index is 13.1. The number of ketones is 1. The highest BCUT2D eigenvalue weighted by molar-refractivity contribution is 6.31. The molecule has 27 heavy (non-hydrogen) atoms. The van der Waals surface area contributed by atoms with E-state index in [1.54, 1.807) is 0 Å². The van der Waals surface area contributed by atoms with Gasteiger partial charge in [-0.3, -0.25) is 9.69 Å². The van der Waals surface area contributed by atoms with Gasteiger partial charge in [-0.1, -0.05) is 36.2 Å². The second kappa shape index (κ2) is 8.93. The van der Waals surface area contributed by atoms with E-state index in [9.17, 15) is 4.79 Å². The lowest BCUT2D eigenvalue weighted by molar-refractivity contribution is -0.734. The van der Waals surface area contributed by atoms with E-state index >= 15 is 0 Å². The molecule has 1 aromatic heterocycles. The third-order valence-electron chi connectivity index (χ3n) is 5.31. The fraction of sp³-hybridized carbons (Fsp3) is 0.429. The molecule has 5 nitrogen and oxygen atoms in total. The number of benzene rings is 1. The van der Waals surface area contributed by atoms with Crippen LogP contribution in [0.2, 0.25) is 5.02 Å². The molecule has 0 saturated heterocycles. The molecule has 144 valence electrons. The summed E-state index contributed by atoms with van der Waals surface area (Å²) in [4.78, 5) is 15.1. The number of nitrogens with two attached hydrogens (primary N) is 1. The number of carbonyl (C=O) groups excluding carboxylic acids is 1. The van der Waals surface area contributed by atoms with Gasteiger partial charge in [0, 0.05) is 29.6 Å². The molecule has 2 N–H and O–H groups in total. The normalized spacial score (nSPS) is 20.2. The molecule has 0 bridgehead atoms. The van der Waals surface area contributed by atoms with Gasteiger partial charge in [0.1, 0.15) is 12.3 Å². The van der Waals surface area contributed by atoms with Crippen molar-refractivity contribution in [3.8, 4) is 0 Å². The van der Waals surface area contributed by atoms with Gasteiger partial charge in [-0.2, -0.15) is 4.57 Å². The van der Waals surface area contributed by atoms with Crippen LogP contribution in [0.1, 0.15) is 36.8 Å². The Morgan fingerprint density at radius 1 is 1.26 bits per heavy atom. The van der Waals surface area contributed by atoms with Crippen molar-refractivity contribution in [2.75, 3.05) is 13.8 Å². The first-order valence-electron chi connectivity index (χ1n) is 9.33. The molecule has 1 aliphatic carbocycles. The Bertz CT molecular complexity index is 799. The Morgan fingerprint density at radius 2 is 2.07 bits per heavy atom. The summed E-state index contributed by atoms with van der Waals surface area (Å²) in [6.07, 6.45) is 7.16. The molecule has 1 unspecified atom stereocenters. The fourth-order valence-electron chi connectivity index (χ4n) is 3.87. The molecule has 2 aromatic rings. The van der Waals surface area contributed by atoms with Crippen molar-refractivity contribution < 1.29 is 14.1 Å². The molecule has 1 saturated carbocycles. The minimum Gasteiger partial charge on any atom is -0.326 e. The van der Waals surface area contributed by atoms with Crippen molar-refractivity contribution in [1.29, 1.82) is 0 Å². The lowest BCUT2D eigenvalue weighted by Crippen LogP contribution is -2.53. The van der Waals surface area contributed by atoms with Crippen molar-refractivity contribution in [1.82, 2.24) is 4.90 Å². The highest BCUT2D eigenvalue weighted by Crippen LogP contribution is 2.42. The minimum atomic E-state index is -0.722.